The van der Waals surface area contributed by atoms with Gasteiger partial charge in [-0.1, -0.05) is 5.16 Å². The van der Waals surface area contributed by atoms with Crippen LogP contribution >= 0.6 is 0 Å². The Morgan fingerprint density at radius 1 is 1.26 bits per heavy atom. The third kappa shape index (κ3) is 2.28. The minimum atomic E-state index is 0.328. The second kappa shape index (κ2) is 4.85. The standard InChI is InChI=1S/C13H20N4O2/c1-2-11-10(7-9(1)18-11)13-15-12(19-16-13)8-17-5-3-14-4-6-17/h9-11,14H,1-8H2. The Hall–Kier alpha value is -0.980. The van der Waals surface area contributed by atoms with E-state index in [1.807, 2.05) is 0 Å². The fraction of sp³-hybridized carbons (Fsp3) is 0.846. The summed E-state index contributed by atoms with van der Waals surface area (Å²) in [4.78, 5) is 6.94. The highest BCUT2D eigenvalue weighted by Crippen LogP contribution is 2.43. The molecule has 3 unspecified atom stereocenters. The molecule has 3 fully saturated rings. The van der Waals surface area contributed by atoms with Gasteiger partial charge in [0.2, 0.25) is 5.89 Å². The summed E-state index contributed by atoms with van der Waals surface area (Å²) >= 11 is 0. The summed E-state index contributed by atoms with van der Waals surface area (Å²) in [6.45, 7) is 4.96. The van der Waals surface area contributed by atoms with Crippen molar-refractivity contribution in [1.82, 2.24) is 20.4 Å². The lowest BCUT2D eigenvalue weighted by molar-refractivity contribution is 0.0996. The van der Waals surface area contributed by atoms with Crippen LogP contribution in [-0.2, 0) is 11.3 Å². The Balaban J connectivity index is 1.41. The minimum Gasteiger partial charge on any atom is -0.374 e. The van der Waals surface area contributed by atoms with E-state index in [-0.39, 0.29) is 0 Å². The third-order valence-electron chi connectivity index (χ3n) is 4.49. The fourth-order valence-electron chi connectivity index (χ4n) is 3.45. The van der Waals surface area contributed by atoms with E-state index in [4.69, 9.17) is 9.26 Å². The van der Waals surface area contributed by atoms with Crippen LogP contribution in [0.2, 0.25) is 0 Å². The van der Waals surface area contributed by atoms with Gasteiger partial charge in [-0.3, -0.25) is 4.90 Å². The Morgan fingerprint density at radius 3 is 2.89 bits per heavy atom. The Kier molecular flexibility index (Phi) is 3.01. The van der Waals surface area contributed by atoms with Crippen LogP contribution in [0.1, 0.15) is 36.9 Å². The molecule has 4 rings (SSSR count). The minimum absolute atomic E-state index is 0.328. The van der Waals surface area contributed by atoms with Crippen LogP contribution in [-0.4, -0.2) is 53.4 Å². The van der Waals surface area contributed by atoms with Crippen LogP contribution < -0.4 is 5.32 Å². The van der Waals surface area contributed by atoms with Gasteiger partial charge in [0.25, 0.3) is 0 Å². The molecule has 2 bridgehead atoms. The molecule has 0 aromatic carbocycles. The topological polar surface area (TPSA) is 63.4 Å². The zero-order valence-electron chi connectivity index (χ0n) is 11.0. The van der Waals surface area contributed by atoms with Gasteiger partial charge in [0, 0.05) is 26.2 Å². The molecule has 6 heteroatoms. The van der Waals surface area contributed by atoms with Gasteiger partial charge in [-0.05, 0) is 19.3 Å². The van der Waals surface area contributed by atoms with Crippen molar-refractivity contribution in [2.24, 2.45) is 0 Å². The van der Waals surface area contributed by atoms with Crippen molar-refractivity contribution in [1.29, 1.82) is 0 Å². The third-order valence-corrected chi connectivity index (χ3v) is 4.49. The molecule has 104 valence electrons. The molecule has 19 heavy (non-hydrogen) atoms. The molecule has 0 amide bonds. The number of nitrogens with one attached hydrogen (secondary N) is 1. The van der Waals surface area contributed by atoms with Crippen molar-refractivity contribution in [2.45, 2.75) is 43.9 Å². The van der Waals surface area contributed by atoms with E-state index in [0.717, 1.165) is 57.3 Å². The van der Waals surface area contributed by atoms with Crippen LogP contribution in [0.25, 0.3) is 0 Å². The molecule has 1 N–H and O–H groups in total. The SMILES string of the molecule is C1CN(Cc2nc(C3CC4CCC3O4)no2)CCN1. The second-order valence-corrected chi connectivity index (χ2v) is 5.79. The van der Waals surface area contributed by atoms with E-state index in [1.165, 1.54) is 6.42 Å². The number of aromatic nitrogens is 2. The van der Waals surface area contributed by atoms with Crippen molar-refractivity contribution in [3.63, 3.8) is 0 Å². The van der Waals surface area contributed by atoms with E-state index in [1.54, 1.807) is 0 Å². The molecule has 0 saturated carbocycles. The molecule has 0 aliphatic carbocycles. The first-order chi connectivity index (χ1) is 9.38. The lowest BCUT2D eigenvalue weighted by Gasteiger charge is -2.25. The predicted octanol–water partition coefficient (Wildman–Crippen LogP) is 0.510. The molecule has 0 spiro atoms. The zero-order chi connectivity index (χ0) is 12.7. The second-order valence-electron chi connectivity index (χ2n) is 5.79. The number of hydrogen-bond acceptors (Lipinski definition) is 6. The predicted molar refractivity (Wildman–Crippen MR) is 67.7 cm³/mol. The molecule has 4 heterocycles. The molecule has 1 aromatic heterocycles. The molecule has 3 atom stereocenters. The quantitative estimate of drug-likeness (QED) is 0.858. The lowest BCUT2D eigenvalue weighted by Crippen LogP contribution is -2.42. The summed E-state index contributed by atoms with van der Waals surface area (Å²) in [6.07, 6.45) is 4.18. The lowest BCUT2D eigenvalue weighted by atomic mass is 9.89. The maximum absolute atomic E-state index is 5.86. The number of nitrogens with zero attached hydrogens (tertiary/aromatic N) is 3. The van der Waals surface area contributed by atoms with Crippen molar-refractivity contribution < 1.29 is 9.26 Å². The van der Waals surface area contributed by atoms with Gasteiger partial charge in [0.1, 0.15) is 0 Å². The van der Waals surface area contributed by atoms with Gasteiger partial charge in [0.05, 0.1) is 24.7 Å². The smallest absolute Gasteiger partial charge is 0.240 e. The van der Waals surface area contributed by atoms with Gasteiger partial charge in [-0.15, -0.1) is 0 Å². The summed E-state index contributed by atoms with van der Waals surface area (Å²) in [6, 6.07) is 0. The first-order valence-corrected chi connectivity index (χ1v) is 7.29. The Bertz CT molecular complexity index is 444. The molecule has 3 aliphatic rings. The molecule has 3 saturated heterocycles. The zero-order valence-corrected chi connectivity index (χ0v) is 11.0. The first kappa shape index (κ1) is 11.8. The largest absolute Gasteiger partial charge is 0.374 e. The van der Waals surface area contributed by atoms with E-state index in [2.05, 4.69) is 20.4 Å². The highest BCUT2D eigenvalue weighted by Gasteiger charge is 2.43. The number of piperazine rings is 1. The highest BCUT2D eigenvalue weighted by molar-refractivity contribution is 5.06. The van der Waals surface area contributed by atoms with Crippen LogP contribution in [0.3, 0.4) is 0 Å². The van der Waals surface area contributed by atoms with Crippen molar-refractivity contribution >= 4 is 0 Å². The van der Waals surface area contributed by atoms with Crippen LogP contribution in [0.15, 0.2) is 4.52 Å². The summed E-state index contributed by atoms with van der Waals surface area (Å²) in [5, 5.41) is 7.52. The highest BCUT2D eigenvalue weighted by atomic mass is 16.5. The molecule has 0 radical (unpaired) electrons. The van der Waals surface area contributed by atoms with Crippen LogP contribution in [0.5, 0.6) is 0 Å². The van der Waals surface area contributed by atoms with Gasteiger partial charge < -0.3 is 14.6 Å². The summed E-state index contributed by atoms with van der Waals surface area (Å²) in [5.74, 6) is 1.97. The monoisotopic (exact) mass is 264 g/mol. The van der Waals surface area contributed by atoms with Crippen molar-refractivity contribution in [3.05, 3.63) is 11.7 Å². The van der Waals surface area contributed by atoms with Gasteiger partial charge in [-0.2, -0.15) is 4.98 Å². The van der Waals surface area contributed by atoms with Crippen molar-refractivity contribution in [2.75, 3.05) is 26.2 Å². The van der Waals surface area contributed by atoms with Gasteiger partial charge >= 0.3 is 0 Å². The van der Waals surface area contributed by atoms with Gasteiger partial charge in [-0.25, -0.2) is 0 Å². The van der Waals surface area contributed by atoms with Crippen LogP contribution in [0, 0.1) is 0 Å². The van der Waals surface area contributed by atoms with Crippen molar-refractivity contribution in [3.8, 4) is 0 Å². The molecule has 1 aromatic rings. The number of hydrogen-bond donors (Lipinski definition) is 1. The van der Waals surface area contributed by atoms with E-state index < -0.39 is 0 Å². The maximum atomic E-state index is 5.86. The fourth-order valence-corrected chi connectivity index (χ4v) is 3.45. The van der Waals surface area contributed by atoms with Crippen LogP contribution in [0.4, 0.5) is 0 Å². The summed E-state index contributed by atoms with van der Waals surface area (Å²) in [5.41, 5.74) is 0. The molecule has 3 aliphatic heterocycles. The Labute approximate surface area is 112 Å². The van der Waals surface area contributed by atoms with E-state index >= 15 is 0 Å². The average Bonchev–Trinajstić information content (AvgIpc) is 3.15. The summed E-state index contributed by atoms with van der Waals surface area (Å²) in [7, 11) is 0. The number of fused-ring (bicyclic) bond motifs is 2. The molecular weight excluding hydrogens is 244 g/mol. The molecular formula is C13H20N4O2. The Morgan fingerprint density at radius 2 is 2.16 bits per heavy atom. The first-order valence-electron chi connectivity index (χ1n) is 7.29. The number of ether oxygens (including phenoxy) is 1. The average molecular weight is 264 g/mol. The summed E-state index contributed by atoms with van der Waals surface area (Å²) < 4.78 is 11.3. The number of rotatable bonds is 3. The van der Waals surface area contributed by atoms with Gasteiger partial charge in [0.15, 0.2) is 5.82 Å². The van der Waals surface area contributed by atoms with E-state index in [9.17, 15) is 0 Å². The maximum Gasteiger partial charge on any atom is 0.240 e. The normalized spacial score (nSPS) is 35.1. The van der Waals surface area contributed by atoms with E-state index in [0.29, 0.717) is 18.1 Å². The molecule has 6 nitrogen and oxygen atoms in total.